The van der Waals surface area contributed by atoms with Gasteiger partial charge in [-0.15, -0.1) is 0 Å². The summed E-state index contributed by atoms with van der Waals surface area (Å²) in [6, 6.07) is 16.5. The number of anilines is 1. The van der Waals surface area contributed by atoms with Gasteiger partial charge in [-0.2, -0.15) is 5.10 Å². The van der Waals surface area contributed by atoms with Crippen LogP contribution in [0.2, 0.25) is 5.02 Å². The highest BCUT2D eigenvalue weighted by Gasteiger charge is 2.18. The number of aromatic nitrogens is 3. The van der Waals surface area contributed by atoms with Gasteiger partial charge in [0.05, 0.1) is 12.4 Å². The second kappa shape index (κ2) is 7.84. The molecule has 4 rings (SSSR count). The highest BCUT2D eigenvalue weighted by atomic mass is 35.5. The molecular weight excluding hydrogens is 378 g/mol. The van der Waals surface area contributed by atoms with E-state index in [1.807, 2.05) is 34.4 Å². The Labute approximate surface area is 169 Å². The Morgan fingerprint density at radius 3 is 2.44 bits per heavy atom. The Balaban J connectivity index is 1.43. The lowest BCUT2D eigenvalue weighted by Gasteiger charge is -2.35. The molecule has 1 aliphatic heterocycles. The molecule has 0 unspecified atom stereocenters. The van der Waals surface area contributed by atoms with E-state index in [0.29, 0.717) is 11.4 Å². The van der Waals surface area contributed by atoms with E-state index >= 15 is 0 Å². The Hall–Kier alpha value is -2.15. The fraction of sp³-hybridized carbons (Fsp3) is 0.300. The summed E-state index contributed by atoms with van der Waals surface area (Å²) in [4.78, 5) is 4.80. The first-order chi connectivity index (χ1) is 13.1. The molecule has 0 N–H and O–H groups in total. The Morgan fingerprint density at radius 2 is 1.74 bits per heavy atom. The zero-order valence-electron chi connectivity index (χ0n) is 15.3. The SMILES string of the molecule is Cc1ccc(-n2cnn(CN3CCN(c4ccccc4)CC3)c2=S)cc1Cl. The molecule has 0 saturated carbocycles. The van der Waals surface area contributed by atoms with Crippen LogP contribution in [0.4, 0.5) is 5.69 Å². The van der Waals surface area contributed by atoms with Crippen molar-refractivity contribution in [2.24, 2.45) is 0 Å². The minimum absolute atomic E-state index is 0.681. The van der Waals surface area contributed by atoms with Crippen molar-refractivity contribution in [3.8, 4) is 5.69 Å². The van der Waals surface area contributed by atoms with Gasteiger partial charge in [-0.1, -0.05) is 35.9 Å². The minimum atomic E-state index is 0.681. The van der Waals surface area contributed by atoms with Crippen LogP contribution in [0.25, 0.3) is 5.69 Å². The molecular formula is C20H22ClN5S. The van der Waals surface area contributed by atoms with E-state index in [9.17, 15) is 0 Å². The Morgan fingerprint density at radius 1 is 1.00 bits per heavy atom. The number of para-hydroxylation sites is 1. The summed E-state index contributed by atoms with van der Waals surface area (Å²) >= 11 is 11.9. The molecule has 0 spiro atoms. The first-order valence-electron chi connectivity index (χ1n) is 9.05. The van der Waals surface area contributed by atoms with Crippen LogP contribution in [0.3, 0.4) is 0 Å². The predicted octanol–water partition coefficient (Wildman–Crippen LogP) is 4.14. The molecule has 0 aliphatic carbocycles. The van der Waals surface area contributed by atoms with E-state index in [1.54, 1.807) is 6.33 Å². The number of hydrogen-bond donors (Lipinski definition) is 0. The fourth-order valence-electron chi connectivity index (χ4n) is 3.32. The van der Waals surface area contributed by atoms with E-state index in [-0.39, 0.29) is 0 Å². The molecule has 27 heavy (non-hydrogen) atoms. The summed E-state index contributed by atoms with van der Waals surface area (Å²) in [5.74, 6) is 0. The van der Waals surface area contributed by atoms with Gasteiger partial charge in [0.25, 0.3) is 0 Å². The molecule has 2 aromatic carbocycles. The molecule has 2 heterocycles. The molecule has 0 amide bonds. The van der Waals surface area contributed by atoms with E-state index < -0.39 is 0 Å². The second-order valence-corrected chi connectivity index (χ2v) is 7.57. The largest absolute Gasteiger partial charge is 0.369 e. The zero-order chi connectivity index (χ0) is 18.8. The molecule has 0 bridgehead atoms. The van der Waals surface area contributed by atoms with Crippen LogP contribution in [-0.4, -0.2) is 45.4 Å². The molecule has 0 atom stereocenters. The van der Waals surface area contributed by atoms with Gasteiger partial charge in [0.15, 0.2) is 0 Å². The maximum Gasteiger partial charge on any atom is 0.203 e. The van der Waals surface area contributed by atoms with Crippen LogP contribution in [0.15, 0.2) is 54.9 Å². The van der Waals surface area contributed by atoms with Crippen molar-refractivity contribution < 1.29 is 0 Å². The lowest BCUT2D eigenvalue weighted by molar-refractivity contribution is 0.194. The normalized spacial score (nSPS) is 15.3. The maximum atomic E-state index is 6.26. The summed E-state index contributed by atoms with van der Waals surface area (Å²) in [7, 11) is 0. The van der Waals surface area contributed by atoms with Crippen LogP contribution in [0.5, 0.6) is 0 Å². The van der Waals surface area contributed by atoms with Crippen molar-refractivity contribution in [2.75, 3.05) is 31.1 Å². The topological polar surface area (TPSA) is 29.2 Å². The molecule has 3 aromatic rings. The number of hydrogen-bond acceptors (Lipinski definition) is 4. The van der Waals surface area contributed by atoms with Crippen LogP contribution >= 0.6 is 23.8 Å². The molecule has 140 valence electrons. The zero-order valence-corrected chi connectivity index (χ0v) is 16.8. The van der Waals surface area contributed by atoms with Gasteiger partial charge < -0.3 is 4.90 Å². The highest BCUT2D eigenvalue weighted by Crippen LogP contribution is 2.20. The average Bonchev–Trinajstić information content (AvgIpc) is 3.06. The third kappa shape index (κ3) is 3.93. The van der Waals surface area contributed by atoms with Crippen molar-refractivity contribution >= 4 is 29.5 Å². The van der Waals surface area contributed by atoms with Gasteiger partial charge in [0, 0.05) is 36.9 Å². The Bertz CT molecular complexity index is 974. The van der Waals surface area contributed by atoms with Gasteiger partial charge >= 0.3 is 0 Å². The van der Waals surface area contributed by atoms with Crippen molar-refractivity contribution in [2.45, 2.75) is 13.6 Å². The number of rotatable bonds is 4. The van der Waals surface area contributed by atoms with Crippen LogP contribution in [0, 0.1) is 11.7 Å². The number of piperazine rings is 1. The lowest BCUT2D eigenvalue weighted by Crippen LogP contribution is -2.46. The first-order valence-corrected chi connectivity index (χ1v) is 9.84. The number of halogens is 1. The highest BCUT2D eigenvalue weighted by molar-refractivity contribution is 7.71. The van der Waals surface area contributed by atoms with E-state index in [1.165, 1.54) is 5.69 Å². The third-order valence-electron chi connectivity index (χ3n) is 4.99. The summed E-state index contributed by atoms with van der Waals surface area (Å²) in [6.07, 6.45) is 1.77. The molecule has 7 heteroatoms. The van der Waals surface area contributed by atoms with Crippen LogP contribution in [0.1, 0.15) is 5.56 Å². The minimum Gasteiger partial charge on any atom is -0.369 e. The molecule has 1 fully saturated rings. The first kappa shape index (κ1) is 18.2. The summed E-state index contributed by atoms with van der Waals surface area (Å²) in [5, 5.41) is 5.23. The van der Waals surface area contributed by atoms with E-state index in [0.717, 1.165) is 42.5 Å². The molecule has 1 aromatic heterocycles. The molecule has 1 aliphatic rings. The van der Waals surface area contributed by atoms with Gasteiger partial charge in [0.1, 0.15) is 6.33 Å². The van der Waals surface area contributed by atoms with Gasteiger partial charge in [-0.05, 0) is 49.0 Å². The van der Waals surface area contributed by atoms with Crippen molar-refractivity contribution in [1.29, 1.82) is 0 Å². The predicted molar refractivity (Wildman–Crippen MR) is 112 cm³/mol. The fourth-order valence-corrected chi connectivity index (χ4v) is 3.75. The van der Waals surface area contributed by atoms with Crippen molar-refractivity contribution in [3.63, 3.8) is 0 Å². The average molecular weight is 400 g/mol. The molecule has 5 nitrogen and oxygen atoms in total. The summed E-state index contributed by atoms with van der Waals surface area (Å²) in [6.45, 7) is 6.68. The quantitative estimate of drug-likeness (QED) is 0.616. The lowest BCUT2D eigenvalue weighted by atomic mass is 10.2. The van der Waals surface area contributed by atoms with Crippen molar-refractivity contribution in [1.82, 2.24) is 19.2 Å². The smallest absolute Gasteiger partial charge is 0.203 e. The monoisotopic (exact) mass is 399 g/mol. The van der Waals surface area contributed by atoms with Gasteiger partial charge in [0.2, 0.25) is 4.77 Å². The Kier molecular flexibility index (Phi) is 5.29. The molecule has 1 saturated heterocycles. The third-order valence-corrected chi connectivity index (χ3v) is 5.81. The number of aryl methyl sites for hydroxylation is 1. The maximum absolute atomic E-state index is 6.26. The number of nitrogens with zero attached hydrogens (tertiary/aromatic N) is 5. The van der Waals surface area contributed by atoms with Gasteiger partial charge in [-0.25, -0.2) is 4.68 Å². The van der Waals surface area contributed by atoms with E-state index in [4.69, 9.17) is 23.8 Å². The number of benzene rings is 2. The molecule has 0 radical (unpaired) electrons. The van der Waals surface area contributed by atoms with Gasteiger partial charge in [-0.3, -0.25) is 9.47 Å². The van der Waals surface area contributed by atoms with Crippen LogP contribution in [-0.2, 0) is 6.67 Å². The van der Waals surface area contributed by atoms with E-state index in [2.05, 4.69) is 45.2 Å². The van der Waals surface area contributed by atoms with Crippen LogP contribution < -0.4 is 4.90 Å². The standard InChI is InChI=1S/C20H22ClN5S/c1-16-7-8-18(13-19(16)21)25-14-22-26(20(25)27)15-23-9-11-24(12-10-23)17-5-3-2-4-6-17/h2-8,13-14H,9-12,15H2,1H3. The summed E-state index contributed by atoms with van der Waals surface area (Å²) < 4.78 is 4.46. The second-order valence-electron chi connectivity index (χ2n) is 6.80. The summed E-state index contributed by atoms with van der Waals surface area (Å²) in [5.41, 5.74) is 3.28. The van der Waals surface area contributed by atoms with Crippen molar-refractivity contribution in [3.05, 3.63) is 70.2 Å².